The lowest BCUT2D eigenvalue weighted by Crippen LogP contribution is -2.29. The molecular weight excluding hydrogens is 216 g/mol. The van der Waals surface area contributed by atoms with E-state index in [1.165, 1.54) is 12.8 Å². The van der Waals surface area contributed by atoms with Crippen LogP contribution in [0, 0.1) is 11.8 Å². The van der Waals surface area contributed by atoms with Gasteiger partial charge in [-0.05, 0) is 36.8 Å². The minimum Gasteiger partial charge on any atom is -0.350 e. The lowest BCUT2D eigenvalue weighted by molar-refractivity contribution is 0.0942. The first-order chi connectivity index (χ1) is 8.20. The van der Waals surface area contributed by atoms with Gasteiger partial charge in [-0.2, -0.15) is 0 Å². The smallest absolute Gasteiger partial charge is 0.269 e. The summed E-state index contributed by atoms with van der Waals surface area (Å²) in [4.78, 5) is 15.9. The molecule has 1 unspecified atom stereocenters. The molecule has 0 spiro atoms. The molecule has 1 aromatic heterocycles. The molecule has 0 aromatic carbocycles. The summed E-state index contributed by atoms with van der Waals surface area (Å²) >= 11 is 0. The number of hydrogen-bond donors (Lipinski definition) is 3. The summed E-state index contributed by atoms with van der Waals surface area (Å²) in [5.74, 6) is 6.94. The van der Waals surface area contributed by atoms with Crippen LogP contribution in [0.3, 0.4) is 0 Å². The molecule has 0 aliphatic heterocycles. The molecular formula is C12H18N4O. The van der Waals surface area contributed by atoms with Gasteiger partial charge < -0.3 is 10.7 Å². The Morgan fingerprint density at radius 2 is 2.35 bits per heavy atom. The van der Waals surface area contributed by atoms with Crippen molar-refractivity contribution >= 4 is 11.7 Å². The van der Waals surface area contributed by atoms with Crippen molar-refractivity contribution in [3.63, 3.8) is 0 Å². The van der Waals surface area contributed by atoms with Crippen LogP contribution in [0.1, 0.15) is 30.3 Å². The fourth-order valence-corrected chi connectivity index (χ4v) is 1.82. The molecule has 2 rings (SSSR count). The zero-order chi connectivity index (χ0) is 12.3. The Bertz CT molecular complexity index is 403. The maximum Gasteiger partial charge on any atom is 0.269 e. The number of hydrazine groups is 1. The van der Waals surface area contributed by atoms with Gasteiger partial charge in [0.1, 0.15) is 11.5 Å². The molecule has 4 N–H and O–H groups in total. The molecule has 1 aliphatic carbocycles. The van der Waals surface area contributed by atoms with E-state index in [-0.39, 0.29) is 5.91 Å². The predicted molar refractivity (Wildman–Crippen MR) is 66.3 cm³/mol. The fraction of sp³-hybridized carbons (Fsp3) is 0.500. The van der Waals surface area contributed by atoms with Crippen molar-refractivity contribution < 1.29 is 4.79 Å². The number of nitrogen functional groups attached to an aromatic ring is 1. The summed E-state index contributed by atoms with van der Waals surface area (Å²) < 4.78 is 0. The number of nitrogens with one attached hydrogen (secondary N) is 2. The topological polar surface area (TPSA) is 80.0 Å². The van der Waals surface area contributed by atoms with Gasteiger partial charge in [0.15, 0.2) is 0 Å². The van der Waals surface area contributed by atoms with Crippen molar-refractivity contribution in [3.05, 3.63) is 23.9 Å². The summed E-state index contributed by atoms with van der Waals surface area (Å²) in [6, 6.07) is 5.14. The molecule has 1 saturated carbocycles. The highest BCUT2D eigenvalue weighted by Gasteiger charge is 2.27. The summed E-state index contributed by atoms with van der Waals surface area (Å²) in [6.07, 6.45) is 2.59. The van der Waals surface area contributed by atoms with Crippen molar-refractivity contribution in [2.45, 2.75) is 19.8 Å². The lowest BCUT2D eigenvalue weighted by atomic mass is 10.1. The van der Waals surface area contributed by atoms with E-state index in [1.807, 2.05) is 0 Å². The number of carbonyl (C=O) groups is 1. The van der Waals surface area contributed by atoms with E-state index in [0.29, 0.717) is 24.0 Å². The van der Waals surface area contributed by atoms with Crippen molar-refractivity contribution in [1.82, 2.24) is 10.3 Å². The Hall–Kier alpha value is -1.62. The molecule has 0 bridgehead atoms. The second kappa shape index (κ2) is 5.14. The quantitative estimate of drug-likeness (QED) is 0.527. The Kier molecular flexibility index (Phi) is 3.58. The first kappa shape index (κ1) is 11.9. The maximum atomic E-state index is 11.8. The summed E-state index contributed by atoms with van der Waals surface area (Å²) in [7, 11) is 0. The number of amides is 1. The third kappa shape index (κ3) is 3.17. The van der Waals surface area contributed by atoms with Crippen molar-refractivity contribution in [2.24, 2.45) is 17.7 Å². The molecule has 1 fully saturated rings. The van der Waals surface area contributed by atoms with Gasteiger partial charge in [0, 0.05) is 6.54 Å². The van der Waals surface area contributed by atoms with Crippen LogP contribution in [0.25, 0.3) is 0 Å². The molecule has 1 heterocycles. The molecule has 5 nitrogen and oxygen atoms in total. The third-order valence-corrected chi connectivity index (χ3v) is 3.14. The van der Waals surface area contributed by atoms with Gasteiger partial charge in [-0.25, -0.2) is 10.8 Å². The number of aromatic nitrogens is 1. The summed E-state index contributed by atoms with van der Waals surface area (Å²) in [6.45, 7) is 2.88. The van der Waals surface area contributed by atoms with E-state index >= 15 is 0 Å². The van der Waals surface area contributed by atoms with Crippen LogP contribution in [0.4, 0.5) is 5.82 Å². The molecule has 92 valence electrons. The number of rotatable bonds is 5. The third-order valence-electron chi connectivity index (χ3n) is 3.14. The van der Waals surface area contributed by atoms with Crippen molar-refractivity contribution in [3.8, 4) is 0 Å². The van der Waals surface area contributed by atoms with Crippen molar-refractivity contribution in [1.29, 1.82) is 0 Å². The zero-order valence-corrected chi connectivity index (χ0v) is 9.94. The van der Waals surface area contributed by atoms with Crippen molar-refractivity contribution in [2.75, 3.05) is 12.0 Å². The second-order valence-electron chi connectivity index (χ2n) is 4.58. The van der Waals surface area contributed by atoms with Crippen LogP contribution in [0.2, 0.25) is 0 Å². The van der Waals surface area contributed by atoms with Crippen LogP contribution >= 0.6 is 0 Å². The maximum absolute atomic E-state index is 11.8. The van der Waals surface area contributed by atoms with Gasteiger partial charge in [0.05, 0.1) is 0 Å². The molecule has 5 heteroatoms. The normalized spacial score (nSPS) is 16.4. The average Bonchev–Trinajstić information content (AvgIpc) is 3.19. The fourth-order valence-electron chi connectivity index (χ4n) is 1.82. The Balaban J connectivity index is 1.89. The van der Waals surface area contributed by atoms with E-state index in [0.717, 1.165) is 5.92 Å². The van der Waals surface area contributed by atoms with Gasteiger partial charge in [-0.15, -0.1) is 0 Å². The van der Waals surface area contributed by atoms with Crippen LogP contribution in [-0.2, 0) is 0 Å². The van der Waals surface area contributed by atoms with Gasteiger partial charge >= 0.3 is 0 Å². The van der Waals surface area contributed by atoms with Gasteiger partial charge in [-0.1, -0.05) is 13.0 Å². The van der Waals surface area contributed by atoms with Gasteiger partial charge in [0.2, 0.25) is 0 Å². The summed E-state index contributed by atoms with van der Waals surface area (Å²) in [5.41, 5.74) is 2.82. The van der Waals surface area contributed by atoms with Crippen LogP contribution in [0.5, 0.6) is 0 Å². The highest BCUT2D eigenvalue weighted by Crippen LogP contribution is 2.36. The molecule has 1 amide bonds. The first-order valence-corrected chi connectivity index (χ1v) is 5.92. The van der Waals surface area contributed by atoms with E-state index in [2.05, 4.69) is 22.7 Å². The van der Waals surface area contributed by atoms with Gasteiger partial charge in [-0.3, -0.25) is 4.79 Å². The first-order valence-electron chi connectivity index (χ1n) is 5.92. The Morgan fingerprint density at radius 3 is 3.00 bits per heavy atom. The molecule has 1 atom stereocenters. The monoisotopic (exact) mass is 234 g/mol. The number of pyridine rings is 1. The minimum atomic E-state index is -0.144. The molecule has 0 saturated heterocycles. The molecule has 1 aliphatic rings. The average molecular weight is 234 g/mol. The Morgan fingerprint density at radius 1 is 1.59 bits per heavy atom. The largest absolute Gasteiger partial charge is 0.350 e. The van der Waals surface area contributed by atoms with Crippen LogP contribution in [0.15, 0.2) is 18.2 Å². The second-order valence-corrected chi connectivity index (χ2v) is 4.58. The van der Waals surface area contributed by atoms with Gasteiger partial charge in [0.25, 0.3) is 5.91 Å². The van der Waals surface area contributed by atoms with Crippen LogP contribution < -0.4 is 16.6 Å². The lowest BCUT2D eigenvalue weighted by Gasteiger charge is -2.11. The zero-order valence-electron chi connectivity index (χ0n) is 9.94. The van der Waals surface area contributed by atoms with E-state index in [9.17, 15) is 4.79 Å². The predicted octanol–water partition coefficient (Wildman–Crippen LogP) is 1.14. The Labute approximate surface area is 101 Å². The molecule has 0 radical (unpaired) electrons. The van der Waals surface area contributed by atoms with Crippen LogP contribution in [-0.4, -0.2) is 17.4 Å². The van der Waals surface area contributed by atoms with E-state index < -0.39 is 0 Å². The number of hydrogen-bond acceptors (Lipinski definition) is 4. The highest BCUT2D eigenvalue weighted by atomic mass is 16.1. The molecule has 1 aromatic rings. The number of nitrogens with two attached hydrogens (primary N) is 1. The summed E-state index contributed by atoms with van der Waals surface area (Å²) in [5, 5.41) is 2.90. The van der Waals surface area contributed by atoms with E-state index in [1.54, 1.807) is 18.2 Å². The highest BCUT2D eigenvalue weighted by molar-refractivity contribution is 5.92. The minimum absolute atomic E-state index is 0.144. The number of carbonyl (C=O) groups excluding carboxylic acids is 1. The number of anilines is 1. The molecule has 17 heavy (non-hydrogen) atoms. The standard InChI is InChI=1S/C12H18N4O/c1-8(9-5-6-9)7-14-12(17)10-3-2-4-11(15-10)16-13/h2-4,8-9H,5-7,13H2,1H3,(H,14,17)(H,15,16). The number of nitrogens with zero attached hydrogens (tertiary/aromatic N) is 1. The van der Waals surface area contributed by atoms with E-state index in [4.69, 9.17) is 5.84 Å². The SMILES string of the molecule is CC(CNC(=O)c1cccc(NN)n1)C1CC1.